The average Bonchev–Trinajstić information content (AvgIpc) is 2.35. The van der Waals surface area contributed by atoms with Crippen LogP contribution in [0.4, 0.5) is 14.5 Å². The molecule has 2 aromatic rings. The van der Waals surface area contributed by atoms with E-state index in [1.165, 1.54) is 0 Å². The van der Waals surface area contributed by atoms with Gasteiger partial charge in [-0.2, -0.15) is 0 Å². The van der Waals surface area contributed by atoms with Crippen molar-refractivity contribution in [2.24, 2.45) is 0 Å². The van der Waals surface area contributed by atoms with Gasteiger partial charge in [-0.05, 0) is 36.8 Å². The van der Waals surface area contributed by atoms with Crippen molar-refractivity contribution in [1.29, 1.82) is 0 Å². The van der Waals surface area contributed by atoms with Gasteiger partial charge in [0.25, 0.3) is 10.0 Å². The highest BCUT2D eigenvalue weighted by atomic mass is 32.2. The Bertz CT molecular complexity index is 714. The molecule has 0 amide bonds. The molecule has 0 atom stereocenters. The molecule has 1 N–H and O–H groups in total. The zero-order valence-corrected chi connectivity index (χ0v) is 10.8. The summed E-state index contributed by atoms with van der Waals surface area (Å²) in [5, 5.41) is 0. The first-order valence-electron chi connectivity index (χ1n) is 5.43. The Morgan fingerprint density at radius 1 is 1.05 bits per heavy atom. The van der Waals surface area contributed by atoms with E-state index in [0.29, 0.717) is 17.3 Å². The third-order valence-corrected chi connectivity index (χ3v) is 3.95. The molecule has 0 aliphatic heterocycles. The monoisotopic (exact) mass is 283 g/mol. The van der Waals surface area contributed by atoms with E-state index in [9.17, 15) is 17.2 Å². The minimum absolute atomic E-state index is 0.325. The Balaban J connectivity index is 2.44. The average molecular weight is 283 g/mol. The van der Waals surface area contributed by atoms with Crippen molar-refractivity contribution < 1.29 is 17.2 Å². The first-order valence-corrected chi connectivity index (χ1v) is 6.92. The Kier molecular flexibility index (Phi) is 3.53. The number of sulfonamides is 1. The van der Waals surface area contributed by atoms with E-state index in [0.717, 1.165) is 12.1 Å². The van der Waals surface area contributed by atoms with Crippen LogP contribution >= 0.6 is 0 Å². The number of hydrogen-bond acceptors (Lipinski definition) is 2. The van der Waals surface area contributed by atoms with Gasteiger partial charge in [0.1, 0.15) is 16.5 Å². The molecule has 0 saturated heterocycles. The van der Waals surface area contributed by atoms with Crippen LogP contribution in [0, 0.1) is 18.6 Å². The molecule has 0 saturated carbocycles. The van der Waals surface area contributed by atoms with E-state index in [1.807, 2.05) is 0 Å². The molecule has 0 aliphatic rings. The predicted molar refractivity (Wildman–Crippen MR) is 68.3 cm³/mol. The van der Waals surface area contributed by atoms with Gasteiger partial charge in [0.15, 0.2) is 0 Å². The number of para-hydroxylation sites is 1. The molecule has 3 nitrogen and oxygen atoms in total. The number of hydrogen-bond donors (Lipinski definition) is 1. The lowest BCUT2D eigenvalue weighted by Crippen LogP contribution is -2.15. The number of nitrogens with one attached hydrogen (secondary N) is 1. The molecule has 100 valence electrons. The standard InChI is InChI=1S/C13H11F2NO2S/c1-9-4-2-3-5-12(9)16-19(17,18)13-8-10(14)6-7-11(13)15/h2-8,16H,1H3. The molecule has 19 heavy (non-hydrogen) atoms. The molecule has 0 radical (unpaired) electrons. The lowest BCUT2D eigenvalue weighted by Gasteiger charge is -2.10. The third kappa shape index (κ3) is 2.90. The highest BCUT2D eigenvalue weighted by molar-refractivity contribution is 7.92. The normalized spacial score (nSPS) is 11.3. The lowest BCUT2D eigenvalue weighted by molar-refractivity contribution is 0.555. The third-order valence-electron chi connectivity index (χ3n) is 2.57. The maximum atomic E-state index is 13.5. The molecule has 2 rings (SSSR count). The fraction of sp³-hybridized carbons (Fsp3) is 0.0769. The first kappa shape index (κ1) is 13.5. The van der Waals surface area contributed by atoms with Gasteiger partial charge >= 0.3 is 0 Å². The van der Waals surface area contributed by atoms with Crippen molar-refractivity contribution >= 4 is 15.7 Å². The van der Waals surface area contributed by atoms with E-state index in [-0.39, 0.29) is 0 Å². The minimum Gasteiger partial charge on any atom is -0.279 e. The smallest absolute Gasteiger partial charge is 0.264 e. The summed E-state index contributed by atoms with van der Waals surface area (Å²) in [6.07, 6.45) is 0. The van der Waals surface area contributed by atoms with Crippen molar-refractivity contribution in [2.75, 3.05) is 4.72 Å². The van der Waals surface area contributed by atoms with Crippen LogP contribution in [0.3, 0.4) is 0 Å². The molecular formula is C13H11F2NO2S. The van der Waals surface area contributed by atoms with Crippen LogP contribution in [-0.2, 0) is 10.0 Å². The van der Waals surface area contributed by atoms with E-state index in [1.54, 1.807) is 31.2 Å². The SMILES string of the molecule is Cc1ccccc1NS(=O)(=O)c1cc(F)ccc1F. The molecule has 0 aromatic heterocycles. The molecule has 2 aromatic carbocycles. The van der Waals surface area contributed by atoms with Gasteiger partial charge < -0.3 is 0 Å². The van der Waals surface area contributed by atoms with Crippen LogP contribution in [0.25, 0.3) is 0 Å². The maximum absolute atomic E-state index is 13.5. The highest BCUT2D eigenvalue weighted by Crippen LogP contribution is 2.21. The largest absolute Gasteiger partial charge is 0.279 e. The number of halogens is 2. The Labute approximate surface area is 109 Å². The van der Waals surface area contributed by atoms with Crippen LogP contribution in [0.15, 0.2) is 47.4 Å². The van der Waals surface area contributed by atoms with Crippen molar-refractivity contribution in [3.8, 4) is 0 Å². The second-order valence-corrected chi connectivity index (χ2v) is 5.65. The first-order chi connectivity index (χ1) is 8.90. The second-order valence-electron chi connectivity index (χ2n) is 4.00. The van der Waals surface area contributed by atoms with Crippen LogP contribution < -0.4 is 4.72 Å². The van der Waals surface area contributed by atoms with E-state index in [2.05, 4.69) is 4.72 Å². The summed E-state index contributed by atoms with van der Waals surface area (Å²) >= 11 is 0. The Morgan fingerprint density at radius 3 is 2.42 bits per heavy atom. The number of benzene rings is 2. The molecular weight excluding hydrogens is 272 g/mol. The number of rotatable bonds is 3. The van der Waals surface area contributed by atoms with Crippen LogP contribution in [0.2, 0.25) is 0 Å². The summed E-state index contributed by atoms with van der Waals surface area (Å²) in [4.78, 5) is -0.712. The molecule has 6 heteroatoms. The van der Waals surface area contributed by atoms with Crippen molar-refractivity contribution in [1.82, 2.24) is 0 Å². The maximum Gasteiger partial charge on any atom is 0.264 e. The summed E-state index contributed by atoms with van der Waals surface area (Å²) in [6.45, 7) is 1.71. The zero-order valence-electron chi connectivity index (χ0n) is 10.0. The van der Waals surface area contributed by atoms with Gasteiger partial charge in [-0.3, -0.25) is 4.72 Å². The fourth-order valence-corrected chi connectivity index (χ4v) is 2.79. The second kappa shape index (κ2) is 4.97. The predicted octanol–water partition coefficient (Wildman–Crippen LogP) is 3.07. The summed E-state index contributed by atoms with van der Waals surface area (Å²) in [5.41, 5.74) is 1.01. The van der Waals surface area contributed by atoms with Gasteiger partial charge in [0.2, 0.25) is 0 Å². The van der Waals surface area contributed by atoms with Crippen LogP contribution in [-0.4, -0.2) is 8.42 Å². The minimum atomic E-state index is -4.15. The van der Waals surface area contributed by atoms with Crippen molar-refractivity contribution in [3.63, 3.8) is 0 Å². The van der Waals surface area contributed by atoms with Gasteiger partial charge in [0.05, 0.1) is 5.69 Å². The molecule has 0 spiro atoms. The van der Waals surface area contributed by atoms with E-state index >= 15 is 0 Å². The fourth-order valence-electron chi connectivity index (χ4n) is 1.57. The van der Waals surface area contributed by atoms with Crippen molar-refractivity contribution in [3.05, 3.63) is 59.7 Å². The molecule has 0 aliphatic carbocycles. The number of anilines is 1. The van der Waals surface area contributed by atoms with Gasteiger partial charge in [-0.1, -0.05) is 18.2 Å². The Hall–Kier alpha value is -1.95. The molecule has 0 fully saturated rings. The molecule has 0 heterocycles. The van der Waals surface area contributed by atoms with Gasteiger partial charge in [0, 0.05) is 0 Å². The molecule has 0 unspecified atom stereocenters. The zero-order chi connectivity index (χ0) is 14.0. The Morgan fingerprint density at radius 2 is 1.74 bits per heavy atom. The van der Waals surface area contributed by atoms with Gasteiger partial charge in [-0.15, -0.1) is 0 Å². The summed E-state index contributed by atoms with van der Waals surface area (Å²) in [7, 11) is -4.15. The topological polar surface area (TPSA) is 46.2 Å². The van der Waals surface area contributed by atoms with Gasteiger partial charge in [-0.25, -0.2) is 17.2 Å². The summed E-state index contributed by atoms with van der Waals surface area (Å²) in [5.74, 6) is -1.81. The molecule has 0 bridgehead atoms. The summed E-state index contributed by atoms with van der Waals surface area (Å²) in [6, 6.07) is 8.94. The van der Waals surface area contributed by atoms with E-state index < -0.39 is 26.6 Å². The lowest BCUT2D eigenvalue weighted by atomic mass is 10.2. The number of aryl methyl sites for hydroxylation is 1. The summed E-state index contributed by atoms with van der Waals surface area (Å²) < 4.78 is 52.8. The van der Waals surface area contributed by atoms with Crippen molar-refractivity contribution in [2.45, 2.75) is 11.8 Å². The van der Waals surface area contributed by atoms with Crippen LogP contribution in [0.1, 0.15) is 5.56 Å². The highest BCUT2D eigenvalue weighted by Gasteiger charge is 2.20. The quantitative estimate of drug-likeness (QED) is 0.941. The van der Waals surface area contributed by atoms with Crippen LogP contribution in [0.5, 0.6) is 0 Å². The van der Waals surface area contributed by atoms with E-state index in [4.69, 9.17) is 0 Å².